The van der Waals surface area contributed by atoms with Gasteiger partial charge in [0.15, 0.2) is 6.20 Å². The second-order valence-corrected chi connectivity index (χ2v) is 7.19. The zero-order chi connectivity index (χ0) is 19.7. The van der Waals surface area contributed by atoms with E-state index in [-0.39, 0.29) is 18.4 Å². The number of halogens is 1. The van der Waals surface area contributed by atoms with Crippen molar-refractivity contribution in [1.82, 2.24) is 0 Å². The third-order valence-corrected chi connectivity index (χ3v) is 4.98. The van der Waals surface area contributed by atoms with E-state index in [2.05, 4.69) is 5.32 Å². The monoisotopic (exact) mass is 392 g/mol. The first-order valence-electron chi connectivity index (χ1n) is 8.96. The summed E-state index contributed by atoms with van der Waals surface area (Å²) in [5.74, 6) is -0.414. The van der Waals surface area contributed by atoms with Gasteiger partial charge in [0.1, 0.15) is 0 Å². The van der Waals surface area contributed by atoms with Crippen LogP contribution in [0.25, 0.3) is 0 Å². The molecule has 1 aromatic heterocycles. The van der Waals surface area contributed by atoms with Crippen molar-refractivity contribution in [1.29, 1.82) is 0 Å². The molecule has 140 valence electrons. The van der Waals surface area contributed by atoms with Crippen molar-refractivity contribution in [2.24, 2.45) is 0 Å². The number of carbonyl (C=O) groups excluding carboxylic acids is 2. The van der Waals surface area contributed by atoms with Crippen LogP contribution >= 0.6 is 11.6 Å². The minimum Gasteiger partial charge on any atom is -0.324 e. The van der Waals surface area contributed by atoms with Gasteiger partial charge in [0.05, 0.1) is 0 Å². The number of aromatic nitrogens is 1. The van der Waals surface area contributed by atoms with Crippen LogP contribution in [0.4, 0.5) is 11.4 Å². The van der Waals surface area contributed by atoms with E-state index in [4.69, 9.17) is 11.6 Å². The van der Waals surface area contributed by atoms with Crippen molar-refractivity contribution in [2.75, 3.05) is 10.2 Å². The molecule has 2 aromatic carbocycles. The van der Waals surface area contributed by atoms with Crippen LogP contribution in [0.5, 0.6) is 0 Å². The van der Waals surface area contributed by atoms with Crippen LogP contribution in [-0.4, -0.2) is 11.8 Å². The smallest absolute Gasteiger partial charge is 0.294 e. The quantitative estimate of drug-likeness (QED) is 0.691. The molecule has 1 atom stereocenters. The van der Waals surface area contributed by atoms with Crippen molar-refractivity contribution in [3.05, 3.63) is 89.2 Å². The number of nitrogens with one attached hydrogen (secondary N) is 1. The summed E-state index contributed by atoms with van der Waals surface area (Å²) < 4.78 is 1.82. The highest BCUT2D eigenvalue weighted by Gasteiger charge is 2.43. The molecule has 1 aliphatic heterocycles. The normalized spacial score (nSPS) is 15.9. The molecule has 1 aliphatic rings. The molecule has 1 unspecified atom stereocenters. The maximum Gasteiger partial charge on any atom is 0.294 e. The fourth-order valence-corrected chi connectivity index (χ4v) is 3.57. The summed E-state index contributed by atoms with van der Waals surface area (Å²) >= 11 is 5.93. The molecule has 0 radical (unpaired) electrons. The number of fused-ring (bicyclic) bond motifs is 1. The Labute approximate surface area is 168 Å². The van der Waals surface area contributed by atoms with Gasteiger partial charge in [0, 0.05) is 28.5 Å². The molecule has 6 heteroatoms. The van der Waals surface area contributed by atoms with Gasteiger partial charge in [-0.05, 0) is 48.9 Å². The van der Waals surface area contributed by atoms with Crippen LogP contribution in [0.1, 0.15) is 17.3 Å². The number of rotatable bonds is 3. The first-order chi connectivity index (χ1) is 13.5. The number of anilines is 2. The van der Waals surface area contributed by atoms with Gasteiger partial charge in [-0.15, -0.1) is 0 Å². The van der Waals surface area contributed by atoms with Crippen LogP contribution in [0.2, 0.25) is 5.02 Å². The summed E-state index contributed by atoms with van der Waals surface area (Å²) in [7, 11) is 0. The molecule has 4 rings (SSSR count). The first-order valence-corrected chi connectivity index (χ1v) is 9.34. The minimum atomic E-state index is -0.778. The molecule has 3 aromatic rings. The standard InChI is InChI=1S/C22H18ClN3O2/c1-15-5-4-6-18(13-15)26-20(27)14-25-12-3-2-7-19(25)21(26)22(28)24-17-10-8-16(23)9-11-17/h2-13,21H,14H2,1H3/p+1. The summed E-state index contributed by atoms with van der Waals surface area (Å²) in [5.41, 5.74) is 3.11. The Bertz CT molecular complexity index is 1050. The van der Waals surface area contributed by atoms with Crippen molar-refractivity contribution >= 4 is 34.8 Å². The highest BCUT2D eigenvalue weighted by molar-refractivity contribution is 6.30. The lowest BCUT2D eigenvalue weighted by atomic mass is 10.0. The zero-order valence-corrected chi connectivity index (χ0v) is 16.1. The van der Waals surface area contributed by atoms with Crippen LogP contribution in [0.15, 0.2) is 72.9 Å². The molecule has 28 heavy (non-hydrogen) atoms. The molecule has 2 heterocycles. The fraction of sp³-hybridized carbons (Fsp3) is 0.136. The van der Waals surface area contributed by atoms with Gasteiger partial charge in [-0.2, -0.15) is 4.57 Å². The third-order valence-electron chi connectivity index (χ3n) is 4.73. The Morgan fingerprint density at radius 2 is 1.89 bits per heavy atom. The lowest BCUT2D eigenvalue weighted by Crippen LogP contribution is -2.58. The molecule has 0 aliphatic carbocycles. The molecule has 0 saturated heterocycles. The number of pyridine rings is 1. The number of aryl methyl sites for hydroxylation is 1. The number of benzene rings is 2. The van der Waals surface area contributed by atoms with E-state index < -0.39 is 6.04 Å². The number of hydrogen-bond acceptors (Lipinski definition) is 2. The van der Waals surface area contributed by atoms with E-state index in [1.807, 2.05) is 60.2 Å². The Kier molecular flexibility index (Phi) is 4.84. The number of amides is 2. The van der Waals surface area contributed by atoms with Crippen LogP contribution in [0, 0.1) is 6.92 Å². The van der Waals surface area contributed by atoms with Crippen LogP contribution in [0.3, 0.4) is 0 Å². The van der Waals surface area contributed by atoms with Gasteiger partial charge in [-0.25, -0.2) is 0 Å². The van der Waals surface area contributed by atoms with Gasteiger partial charge < -0.3 is 5.32 Å². The Hall–Kier alpha value is -3.18. The molecular weight excluding hydrogens is 374 g/mol. The predicted octanol–water partition coefficient (Wildman–Crippen LogP) is 3.66. The summed E-state index contributed by atoms with van der Waals surface area (Å²) in [6, 6.07) is 19.3. The topological polar surface area (TPSA) is 53.3 Å². The predicted molar refractivity (Wildman–Crippen MR) is 108 cm³/mol. The second kappa shape index (κ2) is 7.44. The lowest BCUT2D eigenvalue weighted by Gasteiger charge is -2.32. The van der Waals surface area contributed by atoms with Crippen LogP contribution < -0.4 is 14.8 Å². The number of nitrogens with zero attached hydrogens (tertiary/aromatic N) is 2. The zero-order valence-electron chi connectivity index (χ0n) is 15.3. The van der Waals surface area contributed by atoms with E-state index >= 15 is 0 Å². The van der Waals surface area contributed by atoms with Gasteiger partial charge in [-0.1, -0.05) is 29.8 Å². The van der Waals surface area contributed by atoms with E-state index in [1.54, 1.807) is 29.2 Å². The van der Waals surface area contributed by atoms with Crippen molar-refractivity contribution in [2.45, 2.75) is 19.5 Å². The van der Waals surface area contributed by atoms with E-state index in [9.17, 15) is 9.59 Å². The van der Waals surface area contributed by atoms with Crippen molar-refractivity contribution in [3.8, 4) is 0 Å². The molecule has 2 amide bonds. The maximum atomic E-state index is 13.3. The third kappa shape index (κ3) is 3.49. The number of hydrogen-bond donors (Lipinski definition) is 1. The Morgan fingerprint density at radius 1 is 1.11 bits per heavy atom. The average Bonchev–Trinajstić information content (AvgIpc) is 2.68. The summed E-state index contributed by atoms with van der Waals surface area (Å²) in [6.45, 7) is 2.15. The Morgan fingerprint density at radius 3 is 2.64 bits per heavy atom. The highest BCUT2D eigenvalue weighted by atomic mass is 35.5. The second-order valence-electron chi connectivity index (χ2n) is 6.75. The lowest BCUT2D eigenvalue weighted by molar-refractivity contribution is -0.695. The Balaban J connectivity index is 1.77. The fourth-order valence-electron chi connectivity index (χ4n) is 3.45. The molecule has 0 bridgehead atoms. The average molecular weight is 393 g/mol. The molecule has 0 fully saturated rings. The summed E-state index contributed by atoms with van der Waals surface area (Å²) in [6.07, 6.45) is 1.82. The summed E-state index contributed by atoms with van der Waals surface area (Å²) in [4.78, 5) is 27.8. The van der Waals surface area contributed by atoms with Gasteiger partial charge >= 0.3 is 0 Å². The molecule has 1 N–H and O–H groups in total. The number of carbonyl (C=O) groups is 2. The highest BCUT2D eigenvalue weighted by Crippen LogP contribution is 2.30. The SMILES string of the molecule is Cc1cccc(N2C(=O)C[n+]3ccccc3C2C(=O)Nc2ccc(Cl)cc2)c1. The van der Waals surface area contributed by atoms with Crippen molar-refractivity contribution in [3.63, 3.8) is 0 Å². The van der Waals surface area contributed by atoms with E-state index in [0.29, 0.717) is 16.4 Å². The minimum absolute atomic E-state index is 0.134. The molecular formula is C22H19ClN3O2+. The molecule has 5 nitrogen and oxygen atoms in total. The largest absolute Gasteiger partial charge is 0.324 e. The van der Waals surface area contributed by atoms with Crippen LogP contribution in [-0.2, 0) is 16.1 Å². The van der Waals surface area contributed by atoms with Crippen molar-refractivity contribution < 1.29 is 14.2 Å². The van der Waals surface area contributed by atoms with E-state index in [1.165, 1.54) is 0 Å². The maximum absolute atomic E-state index is 13.3. The first kappa shape index (κ1) is 18.2. The van der Waals surface area contributed by atoms with Gasteiger partial charge in [0.25, 0.3) is 11.8 Å². The molecule has 0 saturated carbocycles. The van der Waals surface area contributed by atoms with E-state index in [0.717, 1.165) is 11.3 Å². The van der Waals surface area contributed by atoms with Gasteiger partial charge in [-0.3, -0.25) is 14.5 Å². The summed E-state index contributed by atoms with van der Waals surface area (Å²) in [5, 5.41) is 3.50. The molecule has 0 spiro atoms. The van der Waals surface area contributed by atoms with Gasteiger partial charge in [0.2, 0.25) is 18.3 Å².